The molecule has 1 fully saturated rings. The maximum atomic E-state index is 11.5. The van der Waals surface area contributed by atoms with Crippen LogP contribution in [0.2, 0.25) is 5.15 Å². The molecule has 1 aliphatic heterocycles. The van der Waals surface area contributed by atoms with Crippen LogP contribution in [0.3, 0.4) is 0 Å². The van der Waals surface area contributed by atoms with Crippen molar-refractivity contribution in [1.82, 2.24) is 9.55 Å². The molecule has 1 unspecified atom stereocenters. The molecular formula is C10H13ClN2O2. The van der Waals surface area contributed by atoms with Gasteiger partial charge in [0.1, 0.15) is 5.15 Å². The van der Waals surface area contributed by atoms with E-state index >= 15 is 0 Å². The summed E-state index contributed by atoms with van der Waals surface area (Å²) in [6.45, 7) is 1.36. The number of hydrogen-bond acceptors (Lipinski definition) is 3. The first-order valence-corrected chi connectivity index (χ1v) is 5.47. The quantitative estimate of drug-likeness (QED) is 0.720. The van der Waals surface area contributed by atoms with Crippen molar-refractivity contribution in [3.8, 4) is 0 Å². The lowest BCUT2D eigenvalue weighted by molar-refractivity contribution is 0.00526. The average Bonchev–Trinajstić information content (AvgIpc) is 2.24. The summed E-state index contributed by atoms with van der Waals surface area (Å²) in [5.74, 6) is 0. The monoisotopic (exact) mass is 228 g/mol. The number of ether oxygens (including phenoxy) is 1. The van der Waals surface area contributed by atoms with Crippen LogP contribution in [-0.2, 0) is 11.3 Å². The van der Waals surface area contributed by atoms with Gasteiger partial charge in [-0.3, -0.25) is 9.36 Å². The lowest BCUT2D eigenvalue weighted by atomic mass is 10.1. The van der Waals surface area contributed by atoms with E-state index in [1.807, 2.05) is 0 Å². The van der Waals surface area contributed by atoms with E-state index in [0.29, 0.717) is 6.54 Å². The first-order chi connectivity index (χ1) is 7.25. The smallest absolute Gasteiger partial charge is 0.254 e. The van der Waals surface area contributed by atoms with Crippen molar-refractivity contribution in [3.05, 3.63) is 27.9 Å². The van der Waals surface area contributed by atoms with Gasteiger partial charge in [-0.25, -0.2) is 4.98 Å². The Balaban J connectivity index is 2.06. The zero-order chi connectivity index (χ0) is 10.7. The van der Waals surface area contributed by atoms with Gasteiger partial charge in [-0.1, -0.05) is 11.6 Å². The van der Waals surface area contributed by atoms with Crippen molar-refractivity contribution in [2.75, 3.05) is 6.61 Å². The van der Waals surface area contributed by atoms with Gasteiger partial charge in [-0.15, -0.1) is 0 Å². The lowest BCUT2D eigenvalue weighted by Gasteiger charge is -2.22. The summed E-state index contributed by atoms with van der Waals surface area (Å²) in [5.41, 5.74) is -0.121. The molecule has 0 saturated carbocycles. The van der Waals surface area contributed by atoms with Crippen LogP contribution in [0.15, 0.2) is 17.2 Å². The van der Waals surface area contributed by atoms with Crippen molar-refractivity contribution in [1.29, 1.82) is 0 Å². The number of halogens is 1. The molecule has 0 N–H and O–H groups in total. The van der Waals surface area contributed by atoms with E-state index in [4.69, 9.17) is 16.3 Å². The fourth-order valence-corrected chi connectivity index (χ4v) is 1.85. The number of hydrogen-bond donors (Lipinski definition) is 0. The lowest BCUT2D eigenvalue weighted by Crippen LogP contribution is -2.30. The van der Waals surface area contributed by atoms with E-state index in [1.165, 1.54) is 18.8 Å². The molecule has 82 valence electrons. The first-order valence-electron chi connectivity index (χ1n) is 5.09. The predicted molar refractivity (Wildman–Crippen MR) is 57.1 cm³/mol. The minimum Gasteiger partial charge on any atom is -0.376 e. The van der Waals surface area contributed by atoms with E-state index in [1.54, 1.807) is 4.57 Å². The van der Waals surface area contributed by atoms with Crippen LogP contribution in [0.5, 0.6) is 0 Å². The van der Waals surface area contributed by atoms with Crippen LogP contribution in [0.4, 0.5) is 0 Å². The Morgan fingerprint density at radius 3 is 3.13 bits per heavy atom. The van der Waals surface area contributed by atoms with Gasteiger partial charge in [-0.05, 0) is 19.3 Å². The minimum absolute atomic E-state index is 0.121. The highest BCUT2D eigenvalue weighted by Gasteiger charge is 2.14. The van der Waals surface area contributed by atoms with Crippen LogP contribution in [0, 0.1) is 0 Å². The van der Waals surface area contributed by atoms with Crippen LogP contribution in [-0.4, -0.2) is 22.3 Å². The van der Waals surface area contributed by atoms with E-state index in [2.05, 4.69) is 4.98 Å². The van der Waals surface area contributed by atoms with Crippen molar-refractivity contribution >= 4 is 11.6 Å². The van der Waals surface area contributed by atoms with Gasteiger partial charge in [0.15, 0.2) is 0 Å². The highest BCUT2D eigenvalue weighted by atomic mass is 35.5. The van der Waals surface area contributed by atoms with Gasteiger partial charge in [-0.2, -0.15) is 0 Å². The highest BCUT2D eigenvalue weighted by Crippen LogP contribution is 2.13. The standard InChI is InChI=1S/C10H13ClN2O2/c11-9-5-10(14)13(7-12-9)6-8-3-1-2-4-15-8/h5,7-8H,1-4,6H2. The SMILES string of the molecule is O=c1cc(Cl)ncn1CC1CCCCO1. The summed E-state index contributed by atoms with van der Waals surface area (Å²) in [7, 11) is 0. The Bertz CT molecular complexity index is 385. The molecule has 1 aromatic heterocycles. The molecule has 1 saturated heterocycles. The molecule has 4 nitrogen and oxygen atoms in total. The van der Waals surface area contributed by atoms with E-state index in [9.17, 15) is 4.79 Å². The second-order valence-corrected chi connectivity index (χ2v) is 4.08. The highest BCUT2D eigenvalue weighted by molar-refractivity contribution is 6.29. The van der Waals surface area contributed by atoms with Crippen molar-refractivity contribution in [2.24, 2.45) is 0 Å². The summed E-state index contributed by atoms with van der Waals surface area (Å²) in [6.07, 6.45) is 4.90. The molecule has 2 rings (SSSR count). The molecule has 0 amide bonds. The largest absolute Gasteiger partial charge is 0.376 e. The normalized spacial score (nSPS) is 21.5. The van der Waals surface area contributed by atoms with Gasteiger partial charge in [0.2, 0.25) is 0 Å². The second-order valence-electron chi connectivity index (χ2n) is 3.69. The molecule has 1 aromatic rings. The third kappa shape index (κ3) is 2.79. The van der Waals surface area contributed by atoms with Crippen molar-refractivity contribution < 1.29 is 4.74 Å². The molecule has 0 radical (unpaired) electrons. The van der Waals surface area contributed by atoms with Crippen LogP contribution >= 0.6 is 11.6 Å². The Hall–Kier alpha value is -0.870. The molecule has 0 bridgehead atoms. The molecular weight excluding hydrogens is 216 g/mol. The topological polar surface area (TPSA) is 44.1 Å². The molecule has 0 spiro atoms. The second kappa shape index (κ2) is 4.77. The van der Waals surface area contributed by atoms with E-state index < -0.39 is 0 Å². The molecule has 2 heterocycles. The summed E-state index contributed by atoms with van der Waals surface area (Å²) < 4.78 is 7.09. The van der Waals surface area contributed by atoms with Crippen LogP contribution in [0.1, 0.15) is 19.3 Å². The number of nitrogens with zero attached hydrogens (tertiary/aromatic N) is 2. The molecule has 1 atom stereocenters. The summed E-state index contributed by atoms with van der Waals surface area (Å²) in [5, 5.41) is 0.237. The fourth-order valence-electron chi connectivity index (χ4n) is 1.71. The zero-order valence-electron chi connectivity index (χ0n) is 8.36. The summed E-state index contributed by atoms with van der Waals surface area (Å²) >= 11 is 5.60. The Morgan fingerprint density at radius 1 is 1.60 bits per heavy atom. The molecule has 0 aromatic carbocycles. The van der Waals surface area contributed by atoms with Gasteiger partial charge in [0.25, 0.3) is 5.56 Å². The maximum Gasteiger partial charge on any atom is 0.254 e. The van der Waals surface area contributed by atoms with E-state index in [0.717, 1.165) is 19.4 Å². The summed E-state index contributed by atoms with van der Waals surface area (Å²) in [6, 6.07) is 1.32. The molecule has 5 heteroatoms. The molecule has 1 aliphatic rings. The van der Waals surface area contributed by atoms with Crippen molar-refractivity contribution in [2.45, 2.75) is 31.9 Å². The summed E-state index contributed by atoms with van der Waals surface area (Å²) in [4.78, 5) is 15.4. The number of aromatic nitrogens is 2. The van der Waals surface area contributed by atoms with Gasteiger partial charge < -0.3 is 4.74 Å². The van der Waals surface area contributed by atoms with Crippen LogP contribution < -0.4 is 5.56 Å². The minimum atomic E-state index is -0.121. The third-order valence-corrected chi connectivity index (χ3v) is 2.73. The Morgan fingerprint density at radius 2 is 2.47 bits per heavy atom. The van der Waals surface area contributed by atoms with E-state index in [-0.39, 0.29) is 16.8 Å². The predicted octanol–water partition coefficient (Wildman–Crippen LogP) is 1.47. The molecule has 15 heavy (non-hydrogen) atoms. The maximum absolute atomic E-state index is 11.5. The zero-order valence-corrected chi connectivity index (χ0v) is 9.11. The first kappa shape index (κ1) is 10.6. The Labute approximate surface area is 92.8 Å². The Kier molecular flexibility index (Phi) is 3.38. The van der Waals surface area contributed by atoms with Gasteiger partial charge >= 0.3 is 0 Å². The van der Waals surface area contributed by atoms with Gasteiger partial charge in [0, 0.05) is 12.7 Å². The average molecular weight is 229 g/mol. The molecule has 0 aliphatic carbocycles. The third-order valence-electron chi connectivity index (χ3n) is 2.52. The van der Waals surface area contributed by atoms with Crippen LogP contribution in [0.25, 0.3) is 0 Å². The van der Waals surface area contributed by atoms with Gasteiger partial charge in [0.05, 0.1) is 19.0 Å². The fraction of sp³-hybridized carbons (Fsp3) is 0.600. The van der Waals surface area contributed by atoms with Crippen molar-refractivity contribution in [3.63, 3.8) is 0 Å². The number of rotatable bonds is 2.